The molecule has 0 atom stereocenters. The van der Waals surface area contributed by atoms with Crippen LogP contribution < -0.4 is 0 Å². The van der Waals surface area contributed by atoms with Crippen molar-refractivity contribution in [2.45, 2.75) is 40.2 Å². The van der Waals surface area contributed by atoms with E-state index >= 15 is 0 Å². The van der Waals surface area contributed by atoms with Gasteiger partial charge in [0, 0.05) is 0 Å². The van der Waals surface area contributed by atoms with Gasteiger partial charge in [-0.15, -0.1) is 71.0 Å². The molecule has 0 aliphatic heterocycles. The summed E-state index contributed by atoms with van der Waals surface area (Å²) in [6, 6.07) is 10.8. The zero-order valence-corrected chi connectivity index (χ0v) is 18.9. The monoisotopic (exact) mass is 393 g/mol. The summed E-state index contributed by atoms with van der Waals surface area (Å²) >= 11 is 1.81. The van der Waals surface area contributed by atoms with Crippen molar-refractivity contribution in [2.75, 3.05) is 0 Å². The van der Waals surface area contributed by atoms with Crippen molar-refractivity contribution in [3.8, 4) is 0 Å². The van der Waals surface area contributed by atoms with E-state index in [9.17, 15) is 0 Å². The second kappa shape index (κ2) is 16.2. The van der Waals surface area contributed by atoms with Gasteiger partial charge in [0.05, 0.1) is 0 Å². The van der Waals surface area contributed by atoms with E-state index in [1.165, 1.54) is 21.9 Å². The molecule has 0 spiro atoms. The van der Waals surface area contributed by atoms with E-state index in [0.717, 1.165) is 0 Å². The molecule has 1 nitrogen and oxygen atoms in total. The molecule has 0 saturated heterocycles. The molecule has 0 aliphatic rings. The number of fused-ring (bicyclic) bond motifs is 1. The van der Waals surface area contributed by atoms with Crippen LogP contribution in [0.3, 0.4) is 0 Å². The van der Waals surface area contributed by atoms with Crippen molar-refractivity contribution in [2.24, 2.45) is 0 Å². The van der Waals surface area contributed by atoms with Gasteiger partial charge in [0.1, 0.15) is 0 Å². The van der Waals surface area contributed by atoms with Gasteiger partial charge < -0.3 is 20.6 Å². The van der Waals surface area contributed by atoms with Crippen LogP contribution in [0.5, 0.6) is 0 Å². The normalized spacial score (nSPS) is 8.23. The van der Waals surface area contributed by atoms with Crippen molar-refractivity contribution in [1.29, 1.82) is 0 Å². The number of halogens is 2. The van der Waals surface area contributed by atoms with Crippen LogP contribution in [-0.2, 0) is 19.2 Å². The first-order chi connectivity index (χ1) is 8.29. The van der Waals surface area contributed by atoms with E-state index in [0.29, 0.717) is 0 Å². The average Bonchev–Trinajstić information content (AvgIpc) is 2.56. The number of hydrogen-bond acceptors (Lipinski definition) is 0. The Hall–Kier alpha value is 0.301. The third-order valence-electron chi connectivity index (χ3n) is 2.33. The van der Waals surface area contributed by atoms with Gasteiger partial charge >= 0.3 is 26.8 Å². The molecule has 1 N–H and O–H groups in total. The molecule has 5 heteroatoms. The zero-order chi connectivity index (χ0) is 14.3. The van der Waals surface area contributed by atoms with Crippen molar-refractivity contribution in [3.63, 3.8) is 0 Å². The number of rotatable bonds is 0. The standard InChI is InChI=1S/C11H11.C4H10N.2CH3.2ClH.Si.Ti/c1-8-7-10-5-3-4-6-11(10)9(8)2;1-4(2,3)5;;;;;;/h3-7H,1-2H3;5H,1-3H3;2*1H3;2*1H;;/q4*-1;;;;. The topological polar surface area (TPSA) is 23.8 Å². The third-order valence-corrected chi connectivity index (χ3v) is 2.33. The molecule has 0 aliphatic carbocycles. The number of aryl methyl sites for hydroxylation is 2. The second-order valence-corrected chi connectivity index (χ2v) is 5.29. The van der Waals surface area contributed by atoms with Gasteiger partial charge in [-0.3, -0.25) is 0 Å². The summed E-state index contributed by atoms with van der Waals surface area (Å²) in [6.45, 7) is 9.90. The molecule has 0 fully saturated rings. The van der Waals surface area contributed by atoms with Crippen molar-refractivity contribution < 1.29 is 19.2 Å². The Balaban J connectivity index is -0.0000000780. The minimum absolute atomic E-state index is 0. The molecular weight excluding hydrogens is 365 g/mol. The van der Waals surface area contributed by atoms with Crippen molar-refractivity contribution in [3.05, 3.63) is 62.0 Å². The van der Waals surface area contributed by atoms with Gasteiger partial charge in [0.2, 0.25) is 0 Å². The molecule has 0 bridgehead atoms. The fourth-order valence-electron chi connectivity index (χ4n) is 1.52. The second-order valence-electron chi connectivity index (χ2n) is 5.29. The Morgan fingerprint density at radius 1 is 1.00 bits per heavy atom. The van der Waals surface area contributed by atoms with Crippen LogP contribution in [0.1, 0.15) is 31.9 Å². The maximum atomic E-state index is 6.94. The maximum absolute atomic E-state index is 6.94. The van der Waals surface area contributed by atoms with E-state index in [4.69, 9.17) is 5.73 Å². The summed E-state index contributed by atoms with van der Waals surface area (Å²) in [5.41, 5.74) is 9.50. The summed E-state index contributed by atoms with van der Waals surface area (Å²) in [7, 11) is 2.97. The fraction of sp³-hybridized carbons (Fsp3) is 0.353. The first-order valence-corrected chi connectivity index (χ1v) is 8.75. The van der Waals surface area contributed by atoms with Crippen molar-refractivity contribution >= 4 is 43.2 Å². The third kappa shape index (κ3) is 13.9. The molecule has 2 rings (SSSR count). The molecule has 0 heterocycles. The average molecular weight is 394 g/mol. The van der Waals surface area contributed by atoms with Gasteiger partial charge in [0.25, 0.3) is 0 Å². The molecule has 2 radical (unpaired) electrons. The molecule has 0 aromatic heterocycles. The van der Waals surface area contributed by atoms with Crippen LogP contribution in [0.25, 0.3) is 16.5 Å². The summed E-state index contributed by atoms with van der Waals surface area (Å²) in [6.07, 6.45) is 0. The summed E-state index contributed by atoms with van der Waals surface area (Å²) in [4.78, 5) is 0. The predicted molar refractivity (Wildman–Crippen MR) is 106 cm³/mol. The van der Waals surface area contributed by atoms with Crippen LogP contribution in [-0.4, -0.2) is 13.2 Å². The van der Waals surface area contributed by atoms with Crippen LogP contribution in [0, 0.1) is 28.7 Å². The van der Waals surface area contributed by atoms with Gasteiger partial charge in [-0.1, -0.05) is 40.7 Å². The van der Waals surface area contributed by atoms with Crippen molar-refractivity contribution in [1.82, 2.24) is 0 Å². The molecule has 128 valence electrons. The van der Waals surface area contributed by atoms with E-state index in [1.54, 1.807) is 19.2 Å². The Kier molecular flexibility index (Phi) is 24.8. The first kappa shape index (κ1) is 33.8. The Labute approximate surface area is 164 Å². The van der Waals surface area contributed by atoms with Crippen LogP contribution in [0.15, 0.2) is 30.3 Å². The summed E-state index contributed by atoms with van der Waals surface area (Å²) in [5, 5.41) is 2.76. The number of nitrogens with one attached hydrogen (secondary N) is 1. The van der Waals surface area contributed by atoms with Crippen LogP contribution >= 0.6 is 24.8 Å². The van der Waals surface area contributed by atoms with E-state index in [2.05, 4.69) is 51.8 Å². The molecule has 0 saturated carbocycles. The Morgan fingerprint density at radius 2 is 1.36 bits per heavy atom. The van der Waals surface area contributed by atoms with Gasteiger partial charge in [-0.2, -0.15) is 5.56 Å². The molecule has 2 aromatic rings. The molecule has 2 aromatic carbocycles. The van der Waals surface area contributed by atoms with Crippen LogP contribution in [0.2, 0.25) is 0 Å². The van der Waals surface area contributed by atoms with E-state index < -0.39 is 0 Å². The number of hydrogen-bond donors (Lipinski definition) is 0. The first-order valence-electron chi connectivity index (χ1n) is 5.90. The Morgan fingerprint density at radius 3 is 1.73 bits per heavy atom. The molecule has 0 amide bonds. The summed E-state index contributed by atoms with van der Waals surface area (Å²) < 4.78 is 0. The SMILES string of the molecule is CC(C)(C)[NH-].Cc1[cH-]c2ccccc2c1C.Cl.Cl.[CH3-].[CH3-].[Si]=[Ti]. The van der Waals surface area contributed by atoms with E-state index in [1.807, 2.05) is 20.8 Å². The van der Waals surface area contributed by atoms with E-state index in [-0.39, 0.29) is 45.2 Å². The summed E-state index contributed by atoms with van der Waals surface area (Å²) in [5.74, 6) is 0. The minimum atomic E-state index is -0.250. The van der Waals surface area contributed by atoms with Gasteiger partial charge in [-0.05, 0) is 0 Å². The zero-order valence-electron chi connectivity index (χ0n) is 14.7. The molecular formula is C17H29Cl2NSiTi-4. The van der Waals surface area contributed by atoms with Gasteiger partial charge in [-0.25, -0.2) is 0 Å². The van der Waals surface area contributed by atoms with Crippen LogP contribution in [0.4, 0.5) is 0 Å². The Bertz CT molecular complexity index is 487. The predicted octanol–water partition coefficient (Wildman–Crippen LogP) is 6.37. The fourth-order valence-corrected chi connectivity index (χ4v) is 1.52. The number of benzene rings is 1. The molecule has 22 heavy (non-hydrogen) atoms. The molecule has 0 unspecified atom stereocenters. The van der Waals surface area contributed by atoms with Gasteiger partial charge in [0.15, 0.2) is 0 Å². The quantitative estimate of drug-likeness (QED) is 0.366.